The number of benzene rings is 3. The van der Waals surface area contributed by atoms with Gasteiger partial charge in [-0.2, -0.15) is 0 Å². The lowest BCUT2D eigenvalue weighted by molar-refractivity contribution is -0.113. The van der Waals surface area contributed by atoms with Crippen LogP contribution in [0.2, 0.25) is 0 Å². The highest BCUT2D eigenvalue weighted by Gasteiger charge is 2.13. The van der Waals surface area contributed by atoms with Gasteiger partial charge in [0, 0.05) is 11.3 Å². The van der Waals surface area contributed by atoms with Crippen molar-refractivity contribution in [1.29, 1.82) is 0 Å². The number of hydrogen-bond donors (Lipinski definition) is 2. The van der Waals surface area contributed by atoms with Gasteiger partial charge in [0.2, 0.25) is 11.0 Å². The summed E-state index contributed by atoms with van der Waals surface area (Å²) in [4.78, 5) is 36.6. The number of nitrogens with one attached hydrogen (secondary N) is 2. The number of esters is 1. The molecule has 0 unspecified atom stereocenters. The van der Waals surface area contributed by atoms with E-state index >= 15 is 0 Å². The number of nitrogens with zero attached hydrogens (tertiary/aromatic N) is 2. The fraction of sp³-hybridized carbons (Fsp3) is 0.148. The first-order chi connectivity index (χ1) is 18.0. The third-order valence-electron chi connectivity index (χ3n) is 5.10. The summed E-state index contributed by atoms with van der Waals surface area (Å²) in [6.07, 6.45) is 0.798. The van der Waals surface area contributed by atoms with Gasteiger partial charge in [-0.1, -0.05) is 65.6 Å². The molecule has 1 heterocycles. The highest BCUT2D eigenvalue weighted by atomic mass is 32.2. The summed E-state index contributed by atoms with van der Waals surface area (Å²) in [6, 6.07) is 24.0. The van der Waals surface area contributed by atoms with Gasteiger partial charge in [0.25, 0.3) is 5.91 Å². The van der Waals surface area contributed by atoms with Gasteiger partial charge >= 0.3 is 5.97 Å². The number of thioether (sulfide) groups is 1. The average molecular weight is 533 g/mol. The van der Waals surface area contributed by atoms with Crippen molar-refractivity contribution in [2.24, 2.45) is 0 Å². The minimum atomic E-state index is -0.407. The summed E-state index contributed by atoms with van der Waals surface area (Å²) in [6.45, 7) is 2.04. The second kappa shape index (κ2) is 12.8. The molecule has 8 nitrogen and oxygen atoms in total. The van der Waals surface area contributed by atoms with Crippen LogP contribution in [0.5, 0.6) is 0 Å². The Hall–Kier alpha value is -4.02. The molecule has 0 saturated heterocycles. The van der Waals surface area contributed by atoms with E-state index in [1.165, 1.54) is 28.7 Å². The van der Waals surface area contributed by atoms with E-state index in [-0.39, 0.29) is 17.6 Å². The summed E-state index contributed by atoms with van der Waals surface area (Å²) in [5, 5.41) is 13.9. The Labute approximate surface area is 222 Å². The van der Waals surface area contributed by atoms with Crippen molar-refractivity contribution in [3.63, 3.8) is 0 Å². The van der Waals surface area contributed by atoms with Crippen molar-refractivity contribution >= 4 is 51.7 Å². The monoisotopic (exact) mass is 532 g/mol. The van der Waals surface area contributed by atoms with Crippen LogP contribution in [-0.2, 0) is 16.0 Å². The van der Waals surface area contributed by atoms with E-state index in [2.05, 4.69) is 33.0 Å². The first kappa shape index (κ1) is 26.1. The average Bonchev–Trinajstić information content (AvgIpc) is 3.36. The summed E-state index contributed by atoms with van der Waals surface area (Å²) >= 11 is 2.41. The fourth-order valence-electron chi connectivity index (χ4n) is 3.32. The van der Waals surface area contributed by atoms with Gasteiger partial charge in [0.15, 0.2) is 4.34 Å². The fourth-order valence-corrected chi connectivity index (χ4v) is 4.87. The molecular formula is C27H24N4O4S2. The van der Waals surface area contributed by atoms with E-state index in [4.69, 9.17) is 4.74 Å². The standard InChI is InChI=1S/C27H24N4O4S2/c1-2-35-25(34)21-12-14-22(15-13-21)28-23(32)17-36-27-31-30-26(37-27)29-24(33)20-10-8-19(9-11-20)16-18-6-4-3-5-7-18/h3-15H,2,16-17H2,1H3,(H,28,32)(H,29,30,33). The predicted molar refractivity (Wildman–Crippen MR) is 145 cm³/mol. The van der Waals surface area contributed by atoms with E-state index in [1.54, 1.807) is 43.3 Å². The Kier molecular flexibility index (Phi) is 9.01. The maximum absolute atomic E-state index is 12.6. The third-order valence-corrected chi connectivity index (χ3v) is 7.07. The van der Waals surface area contributed by atoms with Crippen LogP contribution in [0.15, 0.2) is 83.2 Å². The molecule has 0 spiro atoms. The van der Waals surface area contributed by atoms with Crippen molar-refractivity contribution in [1.82, 2.24) is 10.2 Å². The van der Waals surface area contributed by atoms with Crippen LogP contribution in [0.3, 0.4) is 0 Å². The smallest absolute Gasteiger partial charge is 0.338 e. The quantitative estimate of drug-likeness (QED) is 0.162. The molecule has 0 bridgehead atoms. The molecule has 0 radical (unpaired) electrons. The lowest BCUT2D eigenvalue weighted by atomic mass is 10.0. The normalized spacial score (nSPS) is 10.5. The van der Waals surface area contributed by atoms with E-state index in [9.17, 15) is 14.4 Å². The van der Waals surface area contributed by atoms with Crippen LogP contribution in [0.4, 0.5) is 10.8 Å². The van der Waals surface area contributed by atoms with E-state index in [1.807, 2.05) is 30.3 Å². The van der Waals surface area contributed by atoms with Crippen LogP contribution in [0.25, 0.3) is 0 Å². The topological polar surface area (TPSA) is 110 Å². The molecule has 4 rings (SSSR count). The van der Waals surface area contributed by atoms with Crippen LogP contribution in [-0.4, -0.2) is 40.3 Å². The number of aromatic nitrogens is 2. The second-order valence-corrected chi connectivity index (χ2v) is 10.0. The van der Waals surface area contributed by atoms with Crippen LogP contribution >= 0.6 is 23.1 Å². The van der Waals surface area contributed by atoms with Crippen molar-refractivity contribution < 1.29 is 19.1 Å². The maximum atomic E-state index is 12.6. The largest absolute Gasteiger partial charge is 0.462 e. The number of carbonyl (C=O) groups excluding carboxylic acids is 3. The van der Waals surface area contributed by atoms with Crippen LogP contribution < -0.4 is 10.6 Å². The Morgan fingerprint density at radius 2 is 1.51 bits per heavy atom. The first-order valence-corrected chi connectivity index (χ1v) is 13.3. The SMILES string of the molecule is CCOC(=O)c1ccc(NC(=O)CSc2nnc(NC(=O)c3ccc(Cc4ccccc4)cc3)s2)cc1. The van der Waals surface area contributed by atoms with Gasteiger partial charge < -0.3 is 10.1 Å². The van der Waals surface area contributed by atoms with Gasteiger partial charge in [-0.25, -0.2) is 4.79 Å². The number of amides is 2. The van der Waals surface area contributed by atoms with Crippen LogP contribution in [0.1, 0.15) is 38.8 Å². The van der Waals surface area contributed by atoms with Gasteiger partial charge in [-0.3, -0.25) is 14.9 Å². The number of ether oxygens (including phenoxy) is 1. The molecule has 2 amide bonds. The van der Waals surface area contributed by atoms with Gasteiger partial charge in [-0.15, -0.1) is 10.2 Å². The van der Waals surface area contributed by atoms with Gasteiger partial charge in [0.05, 0.1) is 17.9 Å². The molecule has 2 N–H and O–H groups in total. The Morgan fingerprint density at radius 1 is 0.838 bits per heavy atom. The molecule has 37 heavy (non-hydrogen) atoms. The van der Waals surface area contributed by atoms with Crippen molar-refractivity contribution in [2.75, 3.05) is 23.0 Å². The summed E-state index contributed by atoms with van der Waals surface area (Å²) in [5.74, 6) is -0.797. The number of anilines is 2. The Bertz CT molecular complexity index is 1360. The number of rotatable bonds is 10. The lowest BCUT2D eigenvalue weighted by Crippen LogP contribution is -2.14. The molecule has 188 valence electrons. The van der Waals surface area contributed by atoms with E-state index in [0.717, 1.165) is 12.0 Å². The Morgan fingerprint density at radius 3 is 2.22 bits per heavy atom. The predicted octanol–water partition coefficient (Wildman–Crippen LogP) is 5.29. The van der Waals surface area contributed by atoms with E-state index < -0.39 is 5.97 Å². The zero-order chi connectivity index (χ0) is 26.0. The molecule has 1 aromatic heterocycles. The number of hydrogen-bond acceptors (Lipinski definition) is 8. The highest BCUT2D eigenvalue weighted by molar-refractivity contribution is 8.01. The first-order valence-electron chi connectivity index (χ1n) is 11.5. The molecule has 0 atom stereocenters. The number of carbonyl (C=O) groups is 3. The lowest BCUT2D eigenvalue weighted by Gasteiger charge is -2.06. The van der Waals surface area contributed by atoms with Crippen molar-refractivity contribution in [3.8, 4) is 0 Å². The molecule has 0 aliphatic rings. The van der Waals surface area contributed by atoms with Crippen molar-refractivity contribution in [3.05, 3.63) is 101 Å². The Balaban J connectivity index is 1.24. The molecule has 0 fully saturated rings. The zero-order valence-electron chi connectivity index (χ0n) is 20.0. The molecule has 3 aromatic carbocycles. The highest BCUT2D eigenvalue weighted by Crippen LogP contribution is 2.26. The molecule has 0 saturated carbocycles. The minimum absolute atomic E-state index is 0.116. The van der Waals surface area contributed by atoms with Gasteiger partial charge in [0.1, 0.15) is 0 Å². The molecule has 10 heteroatoms. The van der Waals surface area contributed by atoms with Crippen molar-refractivity contribution in [2.45, 2.75) is 17.7 Å². The van der Waals surface area contributed by atoms with E-state index in [0.29, 0.717) is 32.9 Å². The van der Waals surface area contributed by atoms with Crippen LogP contribution in [0, 0.1) is 0 Å². The molecular weight excluding hydrogens is 508 g/mol. The summed E-state index contributed by atoms with van der Waals surface area (Å²) in [5.41, 5.74) is 3.83. The minimum Gasteiger partial charge on any atom is -0.462 e. The molecule has 0 aliphatic carbocycles. The molecule has 4 aromatic rings. The zero-order valence-corrected chi connectivity index (χ0v) is 21.6. The molecule has 0 aliphatic heterocycles. The summed E-state index contributed by atoms with van der Waals surface area (Å²) < 4.78 is 5.50. The maximum Gasteiger partial charge on any atom is 0.338 e. The third kappa shape index (κ3) is 7.73. The van der Waals surface area contributed by atoms with Gasteiger partial charge in [-0.05, 0) is 60.9 Å². The second-order valence-electron chi connectivity index (χ2n) is 7.82. The summed E-state index contributed by atoms with van der Waals surface area (Å²) in [7, 11) is 0.